The van der Waals surface area contributed by atoms with E-state index in [0.717, 1.165) is 12.1 Å². The Morgan fingerprint density at radius 3 is 0.946 bits per heavy atom. The van der Waals surface area contributed by atoms with Gasteiger partial charge in [0.25, 0.3) is 0 Å². The zero-order valence-corrected chi connectivity index (χ0v) is 24.8. The first-order valence-corrected chi connectivity index (χ1v) is 19.8. The van der Waals surface area contributed by atoms with E-state index in [-0.39, 0.29) is 0 Å². The molecule has 0 unspecified atom stereocenters. The first-order chi connectivity index (χ1) is 18.0. The minimum atomic E-state index is -2.75. The van der Waals surface area contributed by atoms with Crippen molar-refractivity contribution in [1.29, 1.82) is 0 Å². The summed E-state index contributed by atoms with van der Waals surface area (Å²) < 4.78 is 14.9. The highest BCUT2D eigenvalue weighted by Crippen LogP contribution is 2.26. The van der Waals surface area contributed by atoms with Crippen LogP contribution in [0, 0.1) is 0 Å². The molecule has 4 aromatic rings. The van der Waals surface area contributed by atoms with Crippen molar-refractivity contribution in [1.82, 2.24) is 0 Å². The summed E-state index contributed by atoms with van der Waals surface area (Å²) in [5, 5.41) is 4.95. The summed E-state index contributed by atoms with van der Waals surface area (Å²) in [5.74, 6) is 0. The van der Waals surface area contributed by atoms with Crippen LogP contribution in [0.5, 0.6) is 0 Å². The molecule has 0 radical (unpaired) electrons. The van der Waals surface area contributed by atoms with Crippen LogP contribution in [0.3, 0.4) is 0 Å². The minimum Gasteiger partial charge on any atom is -0.429 e. The number of hydrogen-bond donors (Lipinski definition) is 0. The molecule has 0 amide bonds. The van der Waals surface area contributed by atoms with Crippen molar-refractivity contribution in [2.45, 2.75) is 25.2 Å². The Labute approximate surface area is 225 Å². The second-order valence-corrected chi connectivity index (χ2v) is 20.6. The predicted molar refractivity (Wildman–Crippen MR) is 165 cm³/mol. The summed E-state index contributed by atoms with van der Waals surface area (Å²) >= 11 is 0. The number of rotatable bonds is 12. The molecule has 0 aliphatic rings. The van der Waals surface area contributed by atoms with E-state index < -0.39 is 25.2 Å². The van der Waals surface area contributed by atoms with Gasteiger partial charge in [-0.2, -0.15) is 0 Å². The maximum atomic E-state index is 7.47. The second-order valence-electron chi connectivity index (χ2n) is 9.71. The maximum Gasteiger partial charge on any atom is 0.312 e. The fourth-order valence-corrected chi connectivity index (χ4v) is 20.4. The largest absolute Gasteiger partial charge is 0.429 e. The van der Waals surface area contributed by atoms with Gasteiger partial charge in [0.05, 0.1) is 0 Å². The Morgan fingerprint density at radius 1 is 0.486 bits per heavy atom. The van der Waals surface area contributed by atoms with E-state index in [2.05, 4.69) is 148 Å². The molecule has 4 rings (SSSR count). The minimum absolute atomic E-state index is 0.771. The standard InChI is InChI=1S/C32H36O2Si3/c1-5-27-36(29-19-11-7-12-20-29,30-21-13-8-14-22-30)33-35(3,4)34-37(28-6-2,31-23-15-9-16-24-31)32-25-17-10-18-26-32/h5-26H,1-2,27-28H2,3-4H3. The van der Waals surface area contributed by atoms with Gasteiger partial charge in [0.1, 0.15) is 0 Å². The average molecular weight is 537 g/mol. The van der Waals surface area contributed by atoms with Crippen LogP contribution >= 0.6 is 0 Å². The van der Waals surface area contributed by atoms with Crippen molar-refractivity contribution in [3.8, 4) is 0 Å². The normalized spacial score (nSPS) is 12.2. The molecule has 37 heavy (non-hydrogen) atoms. The van der Waals surface area contributed by atoms with Gasteiger partial charge in [0, 0.05) is 0 Å². The molecular formula is C32H36O2Si3. The summed E-state index contributed by atoms with van der Waals surface area (Å²) in [5.41, 5.74) is 0. The molecule has 0 spiro atoms. The zero-order valence-electron chi connectivity index (χ0n) is 21.8. The SMILES string of the molecule is C=CC[Si](O[Si](C)(C)O[Si](CC=C)(c1ccccc1)c1ccccc1)(c1ccccc1)c1ccccc1. The third kappa shape index (κ3) is 5.92. The van der Waals surface area contributed by atoms with Crippen molar-refractivity contribution < 1.29 is 8.23 Å². The van der Waals surface area contributed by atoms with Crippen LogP contribution in [-0.4, -0.2) is 25.2 Å². The highest BCUT2D eigenvalue weighted by atomic mass is 28.5. The molecule has 2 nitrogen and oxygen atoms in total. The van der Waals surface area contributed by atoms with Gasteiger partial charge in [-0.15, -0.1) is 13.2 Å². The summed E-state index contributed by atoms with van der Waals surface area (Å²) in [6, 6.07) is 44.3. The summed E-state index contributed by atoms with van der Waals surface area (Å²) in [7, 11) is -8.14. The smallest absolute Gasteiger partial charge is 0.312 e. The Hall–Kier alpha value is -3.07. The van der Waals surface area contributed by atoms with Gasteiger partial charge in [-0.3, -0.25) is 0 Å². The lowest BCUT2D eigenvalue weighted by Crippen LogP contribution is -2.70. The second kappa shape index (κ2) is 12.0. The van der Waals surface area contributed by atoms with Crippen molar-refractivity contribution in [3.63, 3.8) is 0 Å². The van der Waals surface area contributed by atoms with Gasteiger partial charge >= 0.3 is 8.56 Å². The van der Waals surface area contributed by atoms with Gasteiger partial charge in [-0.05, 0) is 45.9 Å². The molecule has 0 atom stereocenters. The number of benzene rings is 4. The van der Waals surface area contributed by atoms with E-state index in [4.69, 9.17) is 8.23 Å². The van der Waals surface area contributed by atoms with Gasteiger partial charge in [-0.25, -0.2) is 0 Å². The number of allylic oxidation sites excluding steroid dienone is 2. The van der Waals surface area contributed by atoms with Crippen molar-refractivity contribution in [3.05, 3.63) is 147 Å². The molecular weight excluding hydrogens is 501 g/mol. The molecule has 0 saturated heterocycles. The zero-order chi connectivity index (χ0) is 26.2. The molecule has 5 heteroatoms. The molecule has 188 valence electrons. The first-order valence-electron chi connectivity index (χ1n) is 12.8. The van der Waals surface area contributed by atoms with Crippen LogP contribution in [-0.2, 0) is 8.23 Å². The van der Waals surface area contributed by atoms with Crippen LogP contribution < -0.4 is 20.7 Å². The molecule has 0 saturated carbocycles. The highest BCUT2D eigenvalue weighted by Gasteiger charge is 2.49. The monoisotopic (exact) mass is 536 g/mol. The molecule has 0 heterocycles. The van der Waals surface area contributed by atoms with Crippen molar-refractivity contribution >= 4 is 45.9 Å². The Kier molecular flexibility index (Phi) is 8.74. The van der Waals surface area contributed by atoms with E-state index in [0.29, 0.717) is 0 Å². The molecule has 0 N–H and O–H groups in total. The van der Waals surface area contributed by atoms with E-state index in [1.807, 2.05) is 12.2 Å². The molecule has 0 aliphatic carbocycles. The Balaban J connectivity index is 1.86. The molecule has 0 bridgehead atoms. The van der Waals surface area contributed by atoms with E-state index in [9.17, 15) is 0 Å². The van der Waals surface area contributed by atoms with Gasteiger partial charge in [-0.1, -0.05) is 133 Å². The van der Waals surface area contributed by atoms with Gasteiger partial charge in [0.15, 0.2) is 0 Å². The van der Waals surface area contributed by atoms with Gasteiger partial charge < -0.3 is 8.23 Å². The molecule has 4 aromatic carbocycles. The lowest BCUT2D eigenvalue weighted by molar-refractivity contribution is 0.403. The van der Waals surface area contributed by atoms with E-state index in [1.54, 1.807) is 0 Å². The fraction of sp³-hybridized carbons (Fsp3) is 0.125. The first kappa shape index (κ1) is 27.0. The topological polar surface area (TPSA) is 18.5 Å². The van der Waals surface area contributed by atoms with Crippen molar-refractivity contribution in [2.24, 2.45) is 0 Å². The Bertz CT molecular complexity index is 1100. The van der Waals surface area contributed by atoms with Crippen molar-refractivity contribution in [2.75, 3.05) is 0 Å². The third-order valence-corrected chi connectivity index (χ3v) is 20.2. The average Bonchev–Trinajstić information content (AvgIpc) is 2.94. The number of hydrogen-bond acceptors (Lipinski definition) is 2. The Morgan fingerprint density at radius 2 is 0.730 bits per heavy atom. The lowest BCUT2D eigenvalue weighted by Gasteiger charge is -2.44. The van der Waals surface area contributed by atoms with Crippen LogP contribution in [0.15, 0.2) is 147 Å². The molecule has 0 aromatic heterocycles. The summed E-state index contributed by atoms with van der Waals surface area (Å²) in [6.45, 7) is 12.7. The highest BCUT2D eigenvalue weighted by molar-refractivity contribution is 7.05. The maximum absolute atomic E-state index is 7.47. The van der Waals surface area contributed by atoms with Crippen LogP contribution in [0.2, 0.25) is 25.2 Å². The van der Waals surface area contributed by atoms with Gasteiger partial charge in [0.2, 0.25) is 16.6 Å². The van der Waals surface area contributed by atoms with Crippen LogP contribution in [0.25, 0.3) is 0 Å². The van der Waals surface area contributed by atoms with Crippen LogP contribution in [0.4, 0.5) is 0 Å². The van der Waals surface area contributed by atoms with Crippen LogP contribution in [0.1, 0.15) is 0 Å². The van der Waals surface area contributed by atoms with E-state index in [1.165, 1.54) is 20.7 Å². The predicted octanol–water partition coefficient (Wildman–Crippen LogP) is 5.61. The third-order valence-electron chi connectivity index (χ3n) is 6.66. The van der Waals surface area contributed by atoms with E-state index >= 15 is 0 Å². The summed E-state index contributed by atoms with van der Waals surface area (Å²) in [6.07, 6.45) is 4.03. The fourth-order valence-electron chi connectivity index (χ4n) is 5.22. The molecule has 0 aliphatic heterocycles. The molecule has 0 fully saturated rings. The quantitative estimate of drug-likeness (QED) is 0.173. The lowest BCUT2D eigenvalue weighted by atomic mass is 10.4. The summed E-state index contributed by atoms with van der Waals surface area (Å²) in [4.78, 5) is 0.